The van der Waals surface area contributed by atoms with Crippen molar-refractivity contribution in [1.29, 1.82) is 0 Å². The molecule has 4 nitrogen and oxygen atoms in total. The van der Waals surface area contributed by atoms with Gasteiger partial charge in [-0.1, -0.05) is 38.1 Å². The molecule has 98 valence electrons. The Labute approximate surface area is 106 Å². The molecular weight excluding hydrogens is 232 g/mol. The van der Waals surface area contributed by atoms with Gasteiger partial charge in [-0.05, 0) is 29.9 Å². The molecule has 0 aromatic heterocycles. The smallest absolute Gasteiger partial charge is 0.0493 e. The van der Waals surface area contributed by atoms with Crippen LogP contribution in [0.5, 0.6) is 0 Å². The molecule has 0 radical (unpaired) electrons. The maximum absolute atomic E-state index is 10.9. The van der Waals surface area contributed by atoms with Crippen molar-refractivity contribution >= 4 is 11.9 Å². The van der Waals surface area contributed by atoms with Crippen LogP contribution in [0.1, 0.15) is 37.3 Å². The summed E-state index contributed by atoms with van der Waals surface area (Å²) in [6.45, 7) is 4.18. The molecule has 0 aliphatic carbocycles. The van der Waals surface area contributed by atoms with Crippen molar-refractivity contribution in [2.75, 3.05) is 0 Å². The minimum atomic E-state index is -1.39. The predicted molar refractivity (Wildman–Crippen MR) is 62.4 cm³/mol. The summed E-state index contributed by atoms with van der Waals surface area (Å²) in [4.78, 5) is 21.4. The quantitative estimate of drug-likeness (QED) is 0.701. The second-order valence-electron chi connectivity index (χ2n) is 4.79. The molecule has 18 heavy (non-hydrogen) atoms. The van der Waals surface area contributed by atoms with Crippen LogP contribution in [0.15, 0.2) is 24.3 Å². The number of hydrogen-bond acceptors (Lipinski definition) is 4. The minimum absolute atomic E-state index is 0.437. The second-order valence-corrected chi connectivity index (χ2v) is 4.79. The molecule has 0 spiro atoms. The second kappa shape index (κ2) is 6.19. The van der Waals surface area contributed by atoms with Gasteiger partial charge in [0, 0.05) is 17.9 Å². The summed E-state index contributed by atoms with van der Waals surface area (Å²) in [6.07, 6.45) is 0.336. The topological polar surface area (TPSA) is 80.3 Å². The molecule has 0 amide bonds. The van der Waals surface area contributed by atoms with Crippen LogP contribution in [0.3, 0.4) is 0 Å². The third kappa shape index (κ3) is 4.20. The minimum Gasteiger partial charge on any atom is -0.550 e. The van der Waals surface area contributed by atoms with Crippen molar-refractivity contribution in [3.05, 3.63) is 35.4 Å². The summed E-state index contributed by atoms with van der Waals surface area (Å²) < 4.78 is 0. The van der Waals surface area contributed by atoms with Crippen LogP contribution in [0.2, 0.25) is 0 Å². The van der Waals surface area contributed by atoms with Gasteiger partial charge in [0.1, 0.15) is 0 Å². The number of rotatable bonds is 6. The first-order valence-electron chi connectivity index (χ1n) is 5.89. The molecule has 0 aliphatic rings. The highest BCUT2D eigenvalue weighted by molar-refractivity contribution is 5.80. The lowest BCUT2D eigenvalue weighted by atomic mass is 9.93. The van der Waals surface area contributed by atoms with Gasteiger partial charge >= 0.3 is 0 Å². The van der Waals surface area contributed by atoms with E-state index in [0.717, 1.165) is 12.0 Å². The van der Waals surface area contributed by atoms with Crippen LogP contribution in [-0.4, -0.2) is 11.9 Å². The van der Waals surface area contributed by atoms with E-state index in [1.54, 1.807) is 12.1 Å². The van der Waals surface area contributed by atoms with E-state index in [1.807, 2.05) is 12.1 Å². The first-order chi connectivity index (χ1) is 8.40. The maximum atomic E-state index is 10.9. The first kappa shape index (κ1) is 14.2. The van der Waals surface area contributed by atoms with Gasteiger partial charge in [-0.2, -0.15) is 0 Å². The molecule has 0 heterocycles. The van der Waals surface area contributed by atoms with Gasteiger partial charge in [0.05, 0.1) is 0 Å². The van der Waals surface area contributed by atoms with Gasteiger partial charge in [-0.15, -0.1) is 0 Å². The summed E-state index contributed by atoms with van der Waals surface area (Å²) in [5.41, 5.74) is 1.53. The molecule has 0 saturated heterocycles. The third-order valence-electron chi connectivity index (χ3n) is 2.68. The summed E-state index contributed by atoms with van der Waals surface area (Å²) in [5, 5.41) is 21.4. The van der Waals surface area contributed by atoms with Crippen LogP contribution in [-0.2, 0) is 16.0 Å². The molecule has 0 N–H and O–H groups in total. The van der Waals surface area contributed by atoms with Gasteiger partial charge in [-0.25, -0.2) is 0 Å². The Balaban J connectivity index is 2.86. The Morgan fingerprint density at radius 2 is 1.67 bits per heavy atom. The fourth-order valence-electron chi connectivity index (χ4n) is 1.86. The normalized spacial score (nSPS) is 12.4. The zero-order valence-corrected chi connectivity index (χ0v) is 10.5. The van der Waals surface area contributed by atoms with Crippen LogP contribution in [0.25, 0.3) is 0 Å². The lowest BCUT2D eigenvalue weighted by Crippen LogP contribution is -2.34. The zero-order valence-electron chi connectivity index (χ0n) is 10.5. The number of carboxylic acid groups (broad SMARTS) is 2. The van der Waals surface area contributed by atoms with Crippen molar-refractivity contribution in [1.82, 2.24) is 0 Å². The Hall–Kier alpha value is -1.84. The fourth-order valence-corrected chi connectivity index (χ4v) is 1.86. The molecule has 0 unspecified atom stereocenters. The van der Waals surface area contributed by atoms with E-state index in [1.165, 1.54) is 0 Å². The number of benzene rings is 1. The molecule has 1 atom stereocenters. The number of carboxylic acids is 2. The van der Waals surface area contributed by atoms with E-state index in [-0.39, 0.29) is 0 Å². The van der Waals surface area contributed by atoms with Gasteiger partial charge in [0.25, 0.3) is 0 Å². The van der Waals surface area contributed by atoms with Crippen molar-refractivity contribution in [3.8, 4) is 0 Å². The summed E-state index contributed by atoms with van der Waals surface area (Å²) in [5.74, 6) is -3.43. The van der Waals surface area contributed by atoms with Crippen molar-refractivity contribution in [2.45, 2.75) is 32.6 Å². The van der Waals surface area contributed by atoms with E-state index < -0.39 is 24.3 Å². The molecule has 1 aromatic rings. The Morgan fingerprint density at radius 1 is 1.11 bits per heavy atom. The average Bonchev–Trinajstić information content (AvgIpc) is 2.26. The maximum Gasteiger partial charge on any atom is 0.0493 e. The van der Waals surface area contributed by atoms with Gasteiger partial charge in [0.15, 0.2) is 0 Å². The van der Waals surface area contributed by atoms with E-state index in [0.29, 0.717) is 11.5 Å². The van der Waals surface area contributed by atoms with Crippen molar-refractivity contribution < 1.29 is 19.8 Å². The molecular formula is C14H16O4-2. The standard InChI is InChI=1S/C14H18O4/c1-9(2)7-10-3-5-11(6-4-10)12(14(17)18)8-13(15)16/h3-6,9,12H,7-8H2,1-2H3,(H,15,16)(H,17,18)/p-2/t12-/m0/s1. The summed E-state index contributed by atoms with van der Waals surface area (Å²) >= 11 is 0. The zero-order chi connectivity index (χ0) is 13.7. The monoisotopic (exact) mass is 248 g/mol. The Morgan fingerprint density at radius 3 is 2.06 bits per heavy atom. The number of hydrogen-bond donors (Lipinski definition) is 0. The molecule has 0 saturated carbocycles. The van der Waals surface area contributed by atoms with Crippen LogP contribution >= 0.6 is 0 Å². The highest BCUT2D eigenvalue weighted by Crippen LogP contribution is 2.20. The van der Waals surface area contributed by atoms with Crippen molar-refractivity contribution in [2.24, 2.45) is 5.92 Å². The summed E-state index contributed by atoms with van der Waals surface area (Å²) in [7, 11) is 0. The van der Waals surface area contributed by atoms with Gasteiger partial charge < -0.3 is 19.8 Å². The Bertz CT molecular complexity index is 420. The summed E-state index contributed by atoms with van der Waals surface area (Å²) in [6, 6.07) is 6.92. The Kier molecular flexibility index (Phi) is 4.89. The largest absolute Gasteiger partial charge is 0.550 e. The first-order valence-corrected chi connectivity index (χ1v) is 5.89. The SMILES string of the molecule is CC(C)Cc1ccc([C@H](CC(=O)[O-])C(=O)[O-])cc1. The predicted octanol–water partition coefficient (Wildman–Crippen LogP) is -0.141. The van der Waals surface area contributed by atoms with Crippen LogP contribution < -0.4 is 10.2 Å². The van der Waals surface area contributed by atoms with Crippen molar-refractivity contribution in [3.63, 3.8) is 0 Å². The van der Waals surface area contributed by atoms with E-state index in [4.69, 9.17) is 0 Å². The highest BCUT2D eigenvalue weighted by Gasteiger charge is 2.13. The molecule has 0 bridgehead atoms. The molecule has 0 fully saturated rings. The van der Waals surface area contributed by atoms with E-state index >= 15 is 0 Å². The average molecular weight is 248 g/mol. The van der Waals surface area contributed by atoms with Crippen LogP contribution in [0, 0.1) is 5.92 Å². The fraction of sp³-hybridized carbons (Fsp3) is 0.429. The lowest BCUT2D eigenvalue weighted by Gasteiger charge is -2.19. The van der Waals surface area contributed by atoms with Gasteiger partial charge in [-0.3, -0.25) is 0 Å². The number of aliphatic carboxylic acids is 2. The molecule has 1 rings (SSSR count). The molecule has 1 aromatic carbocycles. The van der Waals surface area contributed by atoms with Crippen LogP contribution in [0.4, 0.5) is 0 Å². The van der Waals surface area contributed by atoms with E-state index in [2.05, 4.69) is 13.8 Å². The molecule has 4 heteroatoms. The van der Waals surface area contributed by atoms with E-state index in [9.17, 15) is 19.8 Å². The highest BCUT2D eigenvalue weighted by atomic mass is 16.4. The third-order valence-corrected chi connectivity index (χ3v) is 2.68. The lowest BCUT2D eigenvalue weighted by molar-refractivity contribution is -0.317. The van der Waals surface area contributed by atoms with Gasteiger partial charge in [0.2, 0.25) is 0 Å². The molecule has 0 aliphatic heterocycles. The number of carbonyl (C=O) groups is 2. The number of carbonyl (C=O) groups excluding carboxylic acids is 2.